The fourth-order valence-corrected chi connectivity index (χ4v) is 3.64. The number of Topliss-reactive ketones (excluding diaryl/α,β-unsaturated/α-hetero) is 1. The Morgan fingerprint density at radius 2 is 1.69 bits per heavy atom. The average molecular weight is 486 g/mol. The molecule has 1 aromatic rings. The highest BCUT2D eigenvalue weighted by Gasteiger charge is 2.43. The van der Waals surface area contributed by atoms with Gasteiger partial charge in [0.25, 0.3) is 5.91 Å². The normalized spacial score (nSPS) is 20.2. The summed E-state index contributed by atoms with van der Waals surface area (Å²) in [7, 11) is -1.23. The Bertz CT molecular complexity index is 858. The van der Waals surface area contributed by atoms with E-state index in [0.29, 0.717) is 11.4 Å². The van der Waals surface area contributed by atoms with E-state index in [1.807, 2.05) is 13.8 Å². The van der Waals surface area contributed by atoms with Gasteiger partial charge in [-0.1, -0.05) is 37.0 Å². The summed E-state index contributed by atoms with van der Waals surface area (Å²) in [5, 5.41) is 3.06. The Kier molecular flexibility index (Phi) is 9.55. The van der Waals surface area contributed by atoms with Crippen LogP contribution in [0.2, 0.25) is 15.9 Å². The lowest BCUT2D eigenvalue weighted by atomic mass is 9.65. The Morgan fingerprint density at radius 3 is 2.25 bits per heavy atom. The van der Waals surface area contributed by atoms with E-state index >= 15 is 0 Å². The van der Waals surface area contributed by atoms with Crippen LogP contribution in [0.25, 0.3) is 0 Å². The van der Waals surface area contributed by atoms with E-state index in [0.717, 1.165) is 0 Å². The third-order valence-corrected chi connectivity index (χ3v) is 5.37. The molecule has 2 rings (SSSR count). The van der Waals surface area contributed by atoms with Gasteiger partial charge in [0.15, 0.2) is 18.0 Å². The van der Waals surface area contributed by atoms with Crippen molar-refractivity contribution >= 4 is 53.9 Å². The number of nitrogens with one attached hydrogen (secondary N) is 1. The number of ketones is 1. The predicted octanol–water partition coefficient (Wildman–Crippen LogP) is 3.48. The molecule has 1 heterocycles. The SMILES string of the molecule is CC(C)C[C@H](CC(=O)CNC(=O)c1cc(Cl)ccc1Cl)B1OC(=O)[C@@H](C)O[C@H](C)C(=O)O1. The van der Waals surface area contributed by atoms with Gasteiger partial charge < -0.3 is 19.4 Å². The van der Waals surface area contributed by atoms with Crippen LogP contribution in [0.3, 0.4) is 0 Å². The van der Waals surface area contributed by atoms with Crippen LogP contribution in [0.1, 0.15) is 50.9 Å². The van der Waals surface area contributed by atoms with E-state index in [1.165, 1.54) is 26.0 Å². The Hall–Kier alpha value is -2.10. The van der Waals surface area contributed by atoms with Crippen molar-refractivity contribution in [3.05, 3.63) is 33.8 Å². The van der Waals surface area contributed by atoms with Crippen molar-refractivity contribution in [2.75, 3.05) is 6.54 Å². The maximum atomic E-state index is 12.6. The third kappa shape index (κ3) is 7.50. The third-order valence-electron chi connectivity index (χ3n) is 4.80. The highest BCUT2D eigenvalue weighted by molar-refractivity contribution is 6.51. The predicted molar refractivity (Wildman–Crippen MR) is 120 cm³/mol. The van der Waals surface area contributed by atoms with E-state index < -0.39 is 43.0 Å². The molecule has 1 aliphatic rings. The standard InChI is InChI=1S/C21H26BCl2NO7/c1-11(2)7-14(22-31-20(28)12(3)30-13(4)21(29)32-22)8-16(26)10-25-19(27)17-9-15(23)5-6-18(17)24/h5-6,9,11-14H,7-8,10H2,1-4H3,(H,25,27)/t12-,13-,14-/m1/s1. The zero-order valence-electron chi connectivity index (χ0n) is 18.4. The number of hydrogen-bond donors (Lipinski definition) is 1. The van der Waals surface area contributed by atoms with Gasteiger partial charge in [-0.25, -0.2) is 0 Å². The number of rotatable bonds is 8. The topological polar surface area (TPSA) is 108 Å². The minimum absolute atomic E-state index is 0.0728. The maximum absolute atomic E-state index is 12.6. The lowest BCUT2D eigenvalue weighted by Crippen LogP contribution is -2.45. The molecule has 0 saturated carbocycles. The molecule has 1 amide bonds. The molecule has 1 saturated heterocycles. The first kappa shape index (κ1) is 26.2. The van der Waals surface area contributed by atoms with Crippen molar-refractivity contribution in [1.82, 2.24) is 5.32 Å². The molecule has 1 aliphatic heterocycles. The van der Waals surface area contributed by atoms with Crippen LogP contribution in [0, 0.1) is 5.92 Å². The number of carbonyl (C=O) groups excluding carboxylic acids is 4. The molecule has 11 heteroatoms. The summed E-state index contributed by atoms with van der Waals surface area (Å²) in [5.74, 6) is -2.69. The lowest BCUT2D eigenvalue weighted by molar-refractivity contribution is -0.167. The zero-order valence-corrected chi connectivity index (χ0v) is 19.9. The van der Waals surface area contributed by atoms with Gasteiger partial charge in [0.2, 0.25) is 0 Å². The Morgan fingerprint density at radius 1 is 1.09 bits per heavy atom. The fourth-order valence-electron chi connectivity index (χ4n) is 3.26. The van der Waals surface area contributed by atoms with Crippen molar-refractivity contribution in [2.45, 2.75) is 58.6 Å². The molecule has 174 valence electrons. The smallest absolute Gasteiger partial charge is 0.497 e. The monoisotopic (exact) mass is 485 g/mol. The Balaban J connectivity index is 2.07. The number of hydrogen-bond acceptors (Lipinski definition) is 7. The van der Waals surface area contributed by atoms with E-state index in [2.05, 4.69) is 5.32 Å². The summed E-state index contributed by atoms with van der Waals surface area (Å²) < 4.78 is 15.9. The molecule has 0 radical (unpaired) electrons. The number of benzene rings is 1. The molecule has 0 aromatic heterocycles. The molecule has 32 heavy (non-hydrogen) atoms. The average Bonchev–Trinajstić information content (AvgIpc) is 2.71. The molecule has 1 aromatic carbocycles. The van der Waals surface area contributed by atoms with E-state index in [1.54, 1.807) is 6.07 Å². The lowest BCUT2D eigenvalue weighted by Gasteiger charge is -2.29. The van der Waals surface area contributed by atoms with Crippen molar-refractivity contribution < 1.29 is 33.2 Å². The maximum Gasteiger partial charge on any atom is 0.602 e. The zero-order chi connectivity index (χ0) is 24.0. The van der Waals surface area contributed by atoms with Gasteiger partial charge in [0, 0.05) is 17.3 Å². The first-order chi connectivity index (χ1) is 15.0. The van der Waals surface area contributed by atoms with Gasteiger partial charge >= 0.3 is 19.1 Å². The molecule has 1 N–H and O–H groups in total. The van der Waals surface area contributed by atoms with Crippen LogP contribution in [-0.2, 0) is 28.4 Å². The van der Waals surface area contributed by atoms with Crippen molar-refractivity contribution in [3.8, 4) is 0 Å². The van der Waals surface area contributed by atoms with Crippen LogP contribution in [0.15, 0.2) is 18.2 Å². The minimum atomic E-state index is -1.23. The molecular formula is C21H26BCl2NO7. The highest BCUT2D eigenvalue weighted by atomic mass is 35.5. The number of carbonyl (C=O) groups is 4. The highest BCUT2D eigenvalue weighted by Crippen LogP contribution is 2.28. The quantitative estimate of drug-likeness (QED) is 0.561. The van der Waals surface area contributed by atoms with Crippen LogP contribution < -0.4 is 5.32 Å². The first-order valence-electron chi connectivity index (χ1n) is 10.3. The molecular weight excluding hydrogens is 460 g/mol. The van der Waals surface area contributed by atoms with Gasteiger partial charge in [-0.3, -0.25) is 19.2 Å². The molecule has 0 aliphatic carbocycles. The fraction of sp³-hybridized carbons (Fsp3) is 0.524. The second-order valence-corrected chi connectivity index (χ2v) is 8.95. The van der Waals surface area contributed by atoms with Crippen LogP contribution in [0.5, 0.6) is 0 Å². The largest absolute Gasteiger partial charge is 0.602 e. The molecule has 0 spiro atoms. The van der Waals surface area contributed by atoms with E-state index in [4.69, 9.17) is 37.2 Å². The summed E-state index contributed by atoms with van der Waals surface area (Å²) in [6, 6.07) is 4.44. The van der Waals surface area contributed by atoms with E-state index in [9.17, 15) is 19.2 Å². The van der Waals surface area contributed by atoms with Gasteiger partial charge in [0.05, 0.1) is 17.1 Å². The second-order valence-electron chi connectivity index (χ2n) is 8.10. The second kappa shape index (κ2) is 11.7. The summed E-state index contributed by atoms with van der Waals surface area (Å²) in [6.07, 6.45) is -1.51. The molecule has 8 nitrogen and oxygen atoms in total. The van der Waals surface area contributed by atoms with Crippen LogP contribution in [-0.4, -0.2) is 49.5 Å². The Labute approximate surface area is 197 Å². The summed E-state index contributed by atoms with van der Waals surface area (Å²) in [5.41, 5.74) is 0.150. The van der Waals surface area contributed by atoms with Crippen molar-refractivity contribution in [1.29, 1.82) is 0 Å². The van der Waals surface area contributed by atoms with Gasteiger partial charge in [-0.15, -0.1) is 0 Å². The molecule has 0 unspecified atom stereocenters. The van der Waals surface area contributed by atoms with Gasteiger partial charge in [-0.05, 0) is 44.4 Å². The van der Waals surface area contributed by atoms with Crippen molar-refractivity contribution in [3.63, 3.8) is 0 Å². The molecule has 0 bridgehead atoms. The molecule has 1 fully saturated rings. The van der Waals surface area contributed by atoms with Crippen LogP contribution >= 0.6 is 23.2 Å². The van der Waals surface area contributed by atoms with Gasteiger partial charge in [0.1, 0.15) is 0 Å². The number of halogens is 2. The molecule has 3 atom stereocenters. The summed E-state index contributed by atoms with van der Waals surface area (Å²) in [6.45, 7) is 6.55. The first-order valence-corrected chi connectivity index (χ1v) is 11.0. The van der Waals surface area contributed by atoms with Crippen LogP contribution in [0.4, 0.5) is 0 Å². The summed E-state index contributed by atoms with van der Waals surface area (Å²) in [4.78, 5) is 49.5. The minimum Gasteiger partial charge on any atom is -0.497 e. The van der Waals surface area contributed by atoms with Gasteiger partial charge in [-0.2, -0.15) is 0 Å². The number of amides is 1. The number of ether oxygens (including phenoxy) is 1. The van der Waals surface area contributed by atoms with E-state index in [-0.39, 0.29) is 35.3 Å². The summed E-state index contributed by atoms with van der Waals surface area (Å²) >= 11 is 11.9. The van der Waals surface area contributed by atoms with Crippen molar-refractivity contribution in [2.24, 2.45) is 5.92 Å².